The van der Waals surface area contributed by atoms with Gasteiger partial charge in [0.2, 0.25) is 5.54 Å². The van der Waals surface area contributed by atoms with Crippen molar-refractivity contribution in [2.45, 2.75) is 24.9 Å². The first-order valence-electron chi connectivity index (χ1n) is 8.07. The highest BCUT2D eigenvalue weighted by molar-refractivity contribution is 6.08. The van der Waals surface area contributed by atoms with Crippen LogP contribution in [0.3, 0.4) is 0 Å². The van der Waals surface area contributed by atoms with Gasteiger partial charge in [-0.3, -0.25) is 4.79 Å². The summed E-state index contributed by atoms with van der Waals surface area (Å²) in [6.45, 7) is 2.20. The molecule has 0 fully saturated rings. The summed E-state index contributed by atoms with van der Waals surface area (Å²) in [5.74, 6) is 0.0538. The molecule has 2 aliphatic rings. The molecule has 23 heavy (non-hydrogen) atoms. The number of quaternary nitrogens is 1. The van der Waals surface area contributed by atoms with Crippen molar-refractivity contribution in [3.8, 4) is 0 Å². The topological polar surface area (TPSA) is 61.5 Å². The van der Waals surface area contributed by atoms with E-state index in [0.717, 1.165) is 28.9 Å². The maximum absolute atomic E-state index is 13.0. The molecule has 0 aliphatic carbocycles. The van der Waals surface area contributed by atoms with E-state index < -0.39 is 5.54 Å². The van der Waals surface area contributed by atoms with E-state index in [1.165, 1.54) is 10.9 Å². The Morgan fingerprint density at radius 3 is 2.83 bits per heavy atom. The van der Waals surface area contributed by atoms with Gasteiger partial charge >= 0.3 is 0 Å². The number of anilines is 1. The number of rotatable bonds is 0. The molecule has 2 aromatic carbocycles. The lowest BCUT2D eigenvalue weighted by molar-refractivity contribution is -0.742. The average molecular weight is 304 g/mol. The number of aromatic nitrogens is 1. The van der Waals surface area contributed by atoms with Gasteiger partial charge in [-0.15, -0.1) is 0 Å². The minimum Gasteiger partial charge on any atom is -0.352 e. The lowest BCUT2D eigenvalue weighted by Crippen LogP contribution is -3.02. The highest BCUT2D eigenvalue weighted by atomic mass is 16.2. The Morgan fingerprint density at radius 1 is 1.13 bits per heavy atom. The maximum atomic E-state index is 13.0. The summed E-state index contributed by atoms with van der Waals surface area (Å²) in [5.41, 5.74) is 4.72. The monoisotopic (exact) mass is 304 g/mol. The average Bonchev–Trinajstić information content (AvgIpc) is 3.05. The van der Waals surface area contributed by atoms with E-state index in [4.69, 9.17) is 0 Å². The van der Waals surface area contributed by atoms with Crippen molar-refractivity contribution in [2.75, 3.05) is 5.32 Å². The zero-order chi connectivity index (χ0) is 15.6. The molecule has 5 rings (SSSR count). The number of aromatic amines is 1. The van der Waals surface area contributed by atoms with Gasteiger partial charge in [0.25, 0.3) is 5.91 Å². The van der Waals surface area contributed by atoms with E-state index in [1.54, 1.807) is 0 Å². The third-order valence-corrected chi connectivity index (χ3v) is 5.23. The summed E-state index contributed by atoms with van der Waals surface area (Å²) in [7, 11) is 0. The molecule has 114 valence electrons. The maximum Gasteiger partial charge on any atom is 0.297 e. The van der Waals surface area contributed by atoms with Gasteiger partial charge in [-0.1, -0.05) is 30.3 Å². The molecule has 0 saturated carbocycles. The number of H-pyrrole nitrogens is 1. The van der Waals surface area contributed by atoms with E-state index >= 15 is 0 Å². The minimum atomic E-state index is -0.692. The first kappa shape index (κ1) is 12.9. The standard InChI is InChI=1S/C19H17N3O/c1-11-10-13-12-6-2-4-8-15(12)20-17(13)19(22-11)14-7-3-5-9-16(14)21-18(19)23/h2-9,11,20,22H,10H2,1H3,(H,21,23)/p+1/t11-,19-/m1/s1. The van der Waals surface area contributed by atoms with E-state index in [1.807, 2.05) is 24.3 Å². The van der Waals surface area contributed by atoms with Crippen LogP contribution in [0.25, 0.3) is 10.9 Å². The fourth-order valence-electron chi connectivity index (χ4n) is 4.33. The van der Waals surface area contributed by atoms with E-state index in [0.29, 0.717) is 6.04 Å². The number of fused-ring (bicyclic) bond motifs is 6. The minimum absolute atomic E-state index is 0.0538. The predicted molar refractivity (Wildman–Crippen MR) is 89.2 cm³/mol. The fraction of sp³-hybridized carbons (Fsp3) is 0.211. The van der Waals surface area contributed by atoms with Crippen LogP contribution in [0.1, 0.15) is 23.7 Å². The molecule has 3 heterocycles. The van der Waals surface area contributed by atoms with Crippen LogP contribution in [0.4, 0.5) is 5.69 Å². The number of hydrogen-bond acceptors (Lipinski definition) is 1. The molecular weight excluding hydrogens is 286 g/mol. The summed E-state index contributed by atoms with van der Waals surface area (Å²) in [4.78, 5) is 16.6. The van der Waals surface area contributed by atoms with Crippen molar-refractivity contribution in [3.63, 3.8) is 0 Å². The van der Waals surface area contributed by atoms with E-state index in [2.05, 4.69) is 46.8 Å². The van der Waals surface area contributed by atoms with Gasteiger partial charge in [-0.25, -0.2) is 0 Å². The molecule has 2 aliphatic heterocycles. The number of hydrogen-bond donors (Lipinski definition) is 3. The van der Waals surface area contributed by atoms with Gasteiger partial charge in [-0.2, -0.15) is 0 Å². The van der Waals surface area contributed by atoms with Crippen LogP contribution >= 0.6 is 0 Å². The first-order valence-corrected chi connectivity index (χ1v) is 8.07. The molecule has 0 saturated heterocycles. The summed E-state index contributed by atoms with van der Waals surface area (Å²) in [6, 6.07) is 16.7. The van der Waals surface area contributed by atoms with Gasteiger partial charge in [0.15, 0.2) is 0 Å². The Morgan fingerprint density at radius 2 is 1.91 bits per heavy atom. The molecule has 1 amide bonds. The van der Waals surface area contributed by atoms with Crippen LogP contribution in [0.2, 0.25) is 0 Å². The number of nitrogens with one attached hydrogen (secondary N) is 2. The van der Waals surface area contributed by atoms with Crippen molar-refractivity contribution in [2.24, 2.45) is 0 Å². The normalized spacial score (nSPS) is 25.4. The second kappa shape index (κ2) is 4.24. The van der Waals surface area contributed by atoms with Gasteiger partial charge in [-0.05, 0) is 30.7 Å². The summed E-state index contributed by atoms with van der Waals surface area (Å²) in [6.07, 6.45) is 0.969. The molecule has 2 atom stereocenters. The van der Waals surface area contributed by atoms with Crippen LogP contribution in [0.5, 0.6) is 0 Å². The number of carbonyl (C=O) groups is 1. The molecule has 0 unspecified atom stereocenters. The smallest absolute Gasteiger partial charge is 0.297 e. The second-order valence-corrected chi connectivity index (χ2v) is 6.68. The predicted octanol–water partition coefficient (Wildman–Crippen LogP) is 1.87. The fourth-order valence-corrected chi connectivity index (χ4v) is 4.33. The van der Waals surface area contributed by atoms with Crippen molar-refractivity contribution >= 4 is 22.5 Å². The second-order valence-electron chi connectivity index (χ2n) is 6.68. The molecule has 0 radical (unpaired) electrons. The zero-order valence-electron chi connectivity index (χ0n) is 12.9. The highest BCUT2D eigenvalue weighted by Gasteiger charge is 2.57. The van der Waals surface area contributed by atoms with Gasteiger partial charge < -0.3 is 15.6 Å². The SMILES string of the molecule is C[C@@H]1Cc2c([nH]c3ccccc23)[C@@]2([NH2+]1)C(=O)Nc1ccccc12. The largest absolute Gasteiger partial charge is 0.352 e. The Hall–Kier alpha value is -2.59. The van der Waals surface area contributed by atoms with Crippen molar-refractivity contribution in [3.05, 3.63) is 65.4 Å². The van der Waals surface area contributed by atoms with Gasteiger partial charge in [0.05, 0.1) is 23.0 Å². The lowest BCUT2D eigenvalue weighted by atomic mass is 9.80. The quantitative estimate of drug-likeness (QED) is 0.583. The van der Waals surface area contributed by atoms with Crippen molar-refractivity contribution in [1.29, 1.82) is 0 Å². The third kappa shape index (κ3) is 1.51. The van der Waals surface area contributed by atoms with Crippen molar-refractivity contribution < 1.29 is 10.1 Å². The molecule has 4 N–H and O–H groups in total. The third-order valence-electron chi connectivity index (χ3n) is 5.23. The molecule has 4 heteroatoms. The summed E-state index contributed by atoms with van der Waals surface area (Å²) in [5, 5.41) is 6.52. The highest BCUT2D eigenvalue weighted by Crippen LogP contribution is 2.42. The summed E-state index contributed by atoms with van der Waals surface area (Å²) < 4.78 is 0. The Kier molecular flexibility index (Phi) is 2.38. The zero-order valence-corrected chi connectivity index (χ0v) is 12.9. The number of benzene rings is 2. The van der Waals surface area contributed by atoms with Crippen molar-refractivity contribution in [1.82, 2.24) is 4.98 Å². The molecule has 4 nitrogen and oxygen atoms in total. The van der Waals surface area contributed by atoms with Gasteiger partial charge in [0, 0.05) is 17.3 Å². The van der Waals surface area contributed by atoms with Gasteiger partial charge in [0.1, 0.15) is 0 Å². The van der Waals surface area contributed by atoms with Crippen LogP contribution in [-0.2, 0) is 16.8 Å². The van der Waals surface area contributed by atoms with E-state index in [9.17, 15) is 4.79 Å². The number of para-hydroxylation sites is 2. The first-order chi connectivity index (χ1) is 11.2. The molecular formula is C19H18N3O+. The van der Waals surface area contributed by atoms with Crippen LogP contribution in [0.15, 0.2) is 48.5 Å². The Balaban J connectivity index is 1.88. The molecule has 1 spiro atoms. The molecule has 0 bridgehead atoms. The Labute approximate surface area is 133 Å². The lowest BCUT2D eigenvalue weighted by Gasteiger charge is -2.33. The van der Waals surface area contributed by atoms with E-state index in [-0.39, 0.29) is 5.91 Å². The van der Waals surface area contributed by atoms with Crippen LogP contribution in [-0.4, -0.2) is 16.9 Å². The Bertz CT molecular complexity index is 958. The van der Waals surface area contributed by atoms with Crippen LogP contribution < -0.4 is 10.6 Å². The number of carbonyl (C=O) groups excluding carboxylic acids is 1. The molecule has 1 aromatic heterocycles. The number of nitrogens with two attached hydrogens (primary N) is 1. The molecule has 3 aromatic rings. The number of amides is 1. The summed E-state index contributed by atoms with van der Waals surface area (Å²) >= 11 is 0. The van der Waals surface area contributed by atoms with Crippen LogP contribution in [0, 0.1) is 0 Å².